The van der Waals surface area contributed by atoms with Crippen LogP contribution >= 0.6 is 11.6 Å². The Morgan fingerprint density at radius 2 is 1.88 bits per heavy atom. The van der Waals surface area contributed by atoms with E-state index in [2.05, 4.69) is 15.6 Å². The van der Waals surface area contributed by atoms with Gasteiger partial charge in [-0.25, -0.2) is 4.98 Å². The second-order valence-electron chi connectivity index (χ2n) is 5.28. The molecule has 24 heavy (non-hydrogen) atoms. The van der Waals surface area contributed by atoms with Crippen LogP contribution in [0.5, 0.6) is 0 Å². The maximum Gasteiger partial charge on any atom is 0.419 e. The molecule has 0 radical (unpaired) electrons. The SMILES string of the molecule is Cc1cccc(C)c1NC(=O)CNc1[nH+]cc(C(F)(F)F)cc1Cl. The molecule has 1 aromatic carbocycles. The summed E-state index contributed by atoms with van der Waals surface area (Å²) in [6.07, 6.45) is -3.70. The van der Waals surface area contributed by atoms with Gasteiger partial charge in [-0.05, 0) is 31.0 Å². The molecular formula is C16H16ClF3N3O+. The normalized spacial score (nSPS) is 11.2. The van der Waals surface area contributed by atoms with Crippen LogP contribution in [0, 0.1) is 13.8 Å². The van der Waals surface area contributed by atoms with Crippen LogP contribution in [0.4, 0.5) is 24.7 Å². The Kier molecular flexibility index (Phi) is 5.33. The van der Waals surface area contributed by atoms with Crippen LogP contribution in [0.25, 0.3) is 0 Å². The molecule has 0 spiro atoms. The van der Waals surface area contributed by atoms with Crippen molar-refractivity contribution in [2.45, 2.75) is 20.0 Å². The van der Waals surface area contributed by atoms with Crippen molar-refractivity contribution >= 4 is 29.0 Å². The van der Waals surface area contributed by atoms with Crippen molar-refractivity contribution in [1.82, 2.24) is 0 Å². The highest BCUT2D eigenvalue weighted by molar-refractivity contribution is 6.32. The van der Waals surface area contributed by atoms with Crippen LogP contribution in [0.1, 0.15) is 16.7 Å². The van der Waals surface area contributed by atoms with E-state index in [-0.39, 0.29) is 23.3 Å². The van der Waals surface area contributed by atoms with Crippen molar-refractivity contribution in [2.75, 3.05) is 17.2 Å². The molecule has 1 aromatic heterocycles. The predicted octanol–water partition coefficient (Wildman–Crippen LogP) is 3.84. The first-order chi connectivity index (χ1) is 11.2. The summed E-state index contributed by atoms with van der Waals surface area (Å²) in [5.41, 5.74) is 1.66. The Morgan fingerprint density at radius 3 is 2.42 bits per heavy atom. The van der Waals surface area contributed by atoms with Gasteiger partial charge in [-0.1, -0.05) is 29.8 Å². The van der Waals surface area contributed by atoms with Gasteiger partial charge in [0.15, 0.2) is 6.54 Å². The second-order valence-corrected chi connectivity index (χ2v) is 5.68. The minimum atomic E-state index is -4.49. The number of halogens is 4. The van der Waals surface area contributed by atoms with E-state index in [0.29, 0.717) is 5.69 Å². The first-order valence-electron chi connectivity index (χ1n) is 7.07. The third-order valence-corrected chi connectivity index (χ3v) is 3.69. The molecule has 0 bridgehead atoms. The molecular weight excluding hydrogens is 343 g/mol. The van der Waals surface area contributed by atoms with Gasteiger partial charge >= 0.3 is 6.18 Å². The summed E-state index contributed by atoms with van der Waals surface area (Å²) in [6.45, 7) is 3.60. The highest BCUT2D eigenvalue weighted by Crippen LogP contribution is 2.31. The molecule has 0 fully saturated rings. The smallest absolute Gasteiger partial charge is 0.322 e. The molecule has 8 heteroatoms. The summed E-state index contributed by atoms with van der Waals surface area (Å²) >= 11 is 5.80. The lowest BCUT2D eigenvalue weighted by atomic mass is 10.1. The van der Waals surface area contributed by atoms with E-state index in [4.69, 9.17) is 11.6 Å². The molecule has 4 nitrogen and oxygen atoms in total. The number of amides is 1. The van der Waals surface area contributed by atoms with E-state index >= 15 is 0 Å². The molecule has 0 saturated heterocycles. The number of carbonyl (C=O) groups excluding carboxylic acids is 1. The van der Waals surface area contributed by atoms with E-state index in [0.717, 1.165) is 23.4 Å². The van der Waals surface area contributed by atoms with Crippen LogP contribution < -0.4 is 15.6 Å². The van der Waals surface area contributed by atoms with Crippen molar-refractivity contribution in [2.24, 2.45) is 0 Å². The van der Waals surface area contributed by atoms with E-state index in [1.807, 2.05) is 32.0 Å². The van der Waals surface area contributed by atoms with Gasteiger partial charge in [0.25, 0.3) is 11.7 Å². The van der Waals surface area contributed by atoms with Crippen molar-refractivity contribution in [3.8, 4) is 0 Å². The predicted molar refractivity (Wildman–Crippen MR) is 86.0 cm³/mol. The van der Waals surface area contributed by atoms with E-state index in [9.17, 15) is 18.0 Å². The Bertz CT molecular complexity index is 742. The zero-order valence-corrected chi connectivity index (χ0v) is 13.8. The summed E-state index contributed by atoms with van der Waals surface area (Å²) in [5.74, 6) is -0.196. The Balaban J connectivity index is 2.02. The quantitative estimate of drug-likeness (QED) is 0.872. The maximum absolute atomic E-state index is 12.6. The zero-order chi connectivity index (χ0) is 17.9. The fourth-order valence-electron chi connectivity index (χ4n) is 2.13. The lowest BCUT2D eigenvalue weighted by Crippen LogP contribution is -2.26. The third-order valence-electron chi connectivity index (χ3n) is 3.39. The highest BCUT2D eigenvalue weighted by Gasteiger charge is 2.32. The molecule has 2 rings (SSSR count). The van der Waals surface area contributed by atoms with Crippen molar-refractivity contribution in [3.63, 3.8) is 0 Å². The lowest BCUT2D eigenvalue weighted by Gasteiger charge is -2.11. The number of nitrogens with one attached hydrogen (secondary N) is 3. The summed E-state index contributed by atoms with van der Waals surface area (Å²) in [4.78, 5) is 14.4. The van der Waals surface area contributed by atoms with Crippen LogP contribution in [0.3, 0.4) is 0 Å². The topological polar surface area (TPSA) is 55.3 Å². The number of H-pyrrole nitrogens is 1. The molecule has 3 N–H and O–H groups in total. The van der Waals surface area contributed by atoms with Crippen LogP contribution in [-0.2, 0) is 11.0 Å². The zero-order valence-electron chi connectivity index (χ0n) is 13.0. The number of rotatable bonds is 4. The first kappa shape index (κ1) is 18.1. The molecule has 1 amide bonds. The third kappa shape index (κ3) is 4.38. The number of aromatic nitrogens is 1. The lowest BCUT2D eigenvalue weighted by molar-refractivity contribution is -0.364. The molecule has 0 atom stereocenters. The number of aromatic amines is 1. The van der Waals surface area contributed by atoms with Gasteiger partial charge in [0.05, 0.1) is 5.56 Å². The summed E-state index contributed by atoms with van der Waals surface area (Å²) in [5, 5.41) is 5.30. The van der Waals surface area contributed by atoms with Crippen molar-refractivity contribution < 1.29 is 22.9 Å². The highest BCUT2D eigenvalue weighted by atomic mass is 35.5. The van der Waals surface area contributed by atoms with E-state index < -0.39 is 11.7 Å². The average Bonchev–Trinajstić information content (AvgIpc) is 2.49. The number of alkyl halides is 3. The number of para-hydroxylation sites is 1. The van der Waals surface area contributed by atoms with Gasteiger partial charge < -0.3 is 5.32 Å². The van der Waals surface area contributed by atoms with Gasteiger partial charge in [0.2, 0.25) is 0 Å². The fraction of sp³-hybridized carbons (Fsp3) is 0.250. The number of pyridine rings is 1. The van der Waals surface area contributed by atoms with Crippen LogP contribution in [0.15, 0.2) is 30.5 Å². The standard InChI is InChI=1S/C16H15ClF3N3O/c1-9-4-3-5-10(2)14(9)23-13(24)8-22-15-12(17)6-11(7-21-15)16(18,19)20/h3-7H,8H2,1-2H3,(H,21,22)(H,23,24)/p+1. The number of anilines is 2. The summed E-state index contributed by atoms with van der Waals surface area (Å²) < 4.78 is 37.7. The Hall–Kier alpha value is -2.28. The van der Waals surface area contributed by atoms with Gasteiger partial charge in [-0.2, -0.15) is 13.2 Å². The maximum atomic E-state index is 12.6. The molecule has 0 aliphatic heterocycles. The largest absolute Gasteiger partial charge is 0.419 e. The fourth-order valence-corrected chi connectivity index (χ4v) is 2.37. The Labute approximate surface area is 142 Å². The van der Waals surface area contributed by atoms with Crippen molar-refractivity contribution in [3.05, 3.63) is 52.2 Å². The summed E-state index contributed by atoms with van der Waals surface area (Å²) in [6, 6.07) is 6.42. The van der Waals surface area contributed by atoms with Crippen molar-refractivity contribution in [1.29, 1.82) is 0 Å². The number of aryl methyl sites for hydroxylation is 2. The van der Waals surface area contributed by atoms with E-state index in [1.165, 1.54) is 0 Å². The molecule has 0 aliphatic rings. The van der Waals surface area contributed by atoms with E-state index in [1.54, 1.807) is 0 Å². The number of benzene rings is 1. The van der Waals surface area contributed by atoms with Gasteiger partial charge in [-0.15, -0.1) is 0 Å². The van der Waals surface area contributed by atoms with Crippen LogP contribution in [-0.4, -0.2) is 12.5 Å². The summed E-state index contributed by atoms with van der Waals surface area (Å²) in [7, 11) is 0. The molecule has 0 unspecified atom stereocenters. The first-order valence-corrected chi connectivity index (χ1v) is 7.44. The minimum Gasteiger partial charge on any atom is -0.322 e. The van der Waals surface area contributed by atoms with Crippen LogP contribution in [0.2, 0.25) is 5.02 Å². The molecule has 1 heterocycles. The monoisotopic (exact) mass is 358 g/mol. The Morgan fingerprint density at radius 1 is 1.25 bits per heavy atom. The average molecular weight is 359 g/mol. The number of carbonyl (C=O) groups is 1. The molecule has 0 aliphatic carbocycles. The van der Waals surface area contributed by atoms with Gasteiger partial charge in [-0.3, -0.25) is 10.1 Å². The second kappa shape index (κ2) is 7.09. The number of hydrogen-bond donors (Lipinski definition) is 2. The minimum absolute atomic E-state index is 0.140. The number of hydrogen-bond acceptors (Lipinski definition) is 2. The molecule has 128 valence electrons. The molecule has 0 saturated carbocycles. The van der Waals surface area contributed by atoms with Gasteiger partial charge in [0.1, 0.15) is 11.2 Å². The van der Waals surface area contributed by atoms with Gasteiger partial charge in [0, 0.05) is 5.69 Å². The molecule has 2 aromatic rings.